The van der Waals surface area contributed by atoms with Crippen molar-refractivity contribution in [3.8, 4) is 0 Å². The van der Waals surface area contributed by atoms with Crippen molar-refractivity contribution >= 4 is 28.4 Å². The zero-order valence-electron chi connectivity index (χ0n) is 12.7. The van der Waals surface area contributed by atoms with E-state index in [-0.39, 0.29) is 0 Å². The molecule has 0 aliphatic carbocycles. The summed E-state index contributed by atoms with van der Waals surface area (Å²) in [6.07, 6.45) is 3.58. The van der Waals surface area contributed by atoms with Crippen molar-refractivity contribution in [2.75, 3.05) is 36.4 Å². The largest absolute Gasteiger partial charge is 0.369 e. The minimum atomic E-state index is 0.732. The van der Waals surface area contributed by atoms with Crippen LogP contribution in [0.4, 0.5) is 17.3 Å². The monoisotopic (exact) mass is 306 g/mol. The summed E-state index contributed by atoms with van der Waals surface area (Å²) in [7, 11) is 0. The third kappa shape index (κ3) is 3.07. The number of rotatable bonds is 3. The van der Waals surface area contributed by atoms with E-state index in [1.165, 1.54) is 5.69 Å². The molecule has 1 aliphatic rings. The maximum absolute atomic E-state index is 4.53. The first kappa shape index (κ1) is 13.9. The molecule has 4 rings (SSSR count). The quantitative estimate of drug-likeness (QED) is 0.773. The van der Waals surface area contributed by atoms with E-state index < -0.39 is 0 Å². The Balaban J connectivity index is 1.57. The molecule has 1 fully saturated rings. The molecule has 0 spiro atoms. The lowest BCUT2D eigenvalue weighted by Gasteiger charge is -2.29. The summed E-state index contributed by atoms with van der Waals surface area (Å²) in [4.78, 5) is 15.6. The first-order chi connectivity index (χ1) is 11.4. The molecule has 6 nitrogen and oxygen atoms in total. The van der Waals surface area contributed by atoms with Crippen LogP contribution in [-0.4, -0.2) is 41.1 Å². The van der Waals surface area contributed by atoms with Crippen molar-refractivity contribution in [2.24, 2.45) is 0 Å². The molecule has 23 heavy (non-hydrogen) atoms. The average Bonchev–Trinajstić information content (AvgIpc) is 2.63. The van der Waals surface area contributed by atoms with Crippen molar-refractivity contribution in [3.05, 3.63) is 48.8 Å². The van der Waals surface area contributed by atoms with E-state index >= 15 is 0 Å². The van der Waals surface area contributed by atoms with Gasteiger partial charge in [-0.1, -0.05) is 0 Å². The number of hydrogen-bond donors (Lipinski definition) is 2. The summed E-state index contributed by atoms with van der Waals surface area (Å²) in [5.41, 5.74) is 1.92. The SMILES string of the molecule is c1cnc2nc(Nc3cc(N4CCNCC4)ccn3)ccc2c1. The molecule has 3 aromatic heterocycles. The van der Waals surface area contributed by atoms with Gasteiger partial charge in [-0.3, -0.25) is 0 Å². The van der Waals surface area contributed by atoms with Gasteiger partial charge in [-0.2, -0.15) is 0 Å². The molecule has 4 heterocycles. The van der Waals surface area contributed by atoms with Gasteiger partial charge >= 0.3 is 0 Å². The molecule has 0 radical (unpaired) electrons. The molecule has 0 saturated carbocycles. The van der Waals surface area contributed by atoms with Gasteiger partial charge in [-0.05, 0) is 30.3 Å². The first-order valence-electron chi connectivity index (χ1n) is 7.79. The highest BCUT2D eigenvalue weighted by Crippen LogP contribution is 2.21. The maximum Gasteiger partial charge on any atom is 0.161 e. The molecule has 0 unspecified atom stereocenters. The Morgan fingerprint density at radius 3 is 2.78 bits per heavy atom. The normalized spacial score (nSPS) is 14.9. The summed E-state index contributed by atoms with van der Waals surface area (Å²) < 4.78 is 0. The van der Waals surface area contributed by atoms with Crippen LogP contribution in [0.2, 0.25) is 0 Å². The molecule has 1 aliphatic heterocycles. The van der Waals surface area contributed by atoms with E-state index in [9.17, 15) is 0 Å². The lowest BCUT2D eigenvalue weighted by Crippen LogP contribution is -2.43. The van der Waals surface area contributed by atoms with E-state index in [2.05, 4.69) is 36.6 Å². The number of aromatic nitrogens is 3. The van der Waals surface area contributed by atoms with Gasteiger partial charge in [0.25, 0.3) is 0 Å². The predicted octanol–water partition coefficient (Wildman–Crippen LogP) is 2.18. The smallest absolute Gasteiger partial charge is 0.161 e. The van der Waals surface area contributed by atoms with E-state index in [1.54, 1.807) is 6.20 Å². The average molecular weight is 306 g/mol. The van der Waals surface area contributed by atoms with E-state index in [0.29, 0.717) is 0 Å². The van der Waals surface area contributed by atoms with Crippen molar-refractivity contribution in [2.45, 2.75) is 0 Å². The van der Waals surface area contributed by atoms with Crippen LogP contribution in [0.25, 0.3) is 11.0 Å². The maximum atomic E-state index is 4.53. The molecule has 116 valence electrons. The summed E-state index contributed by atoms with van der Waals surface area (Å²) in [6, 6.07) is 12.0. The number of anilines is 3. The molecule has 0 atom stereocenters. The number of nitrogens with zero attached hydrogens (tertiary/aromatic N) is 4. The van der Waals surface area contributed by atoms with Crippen LogP contribution >= 0.6 is 0 Å². The van der Waals surface area contributed by atoms with Crippen LogP contribution in [0.3, 0.4) is 0 Å². The fourth-order valence-corrected chi connectivity index (χ4v) is 2.76. The standard InChI is InChI=1S/C17H18N6/c1-2-13-3-4-15(22-17(13)20-6-1)21-16-12-14(5-7-19-16)23-10-8-18-9-11-23/h1-7,12,18H,8-11H2,(H,19,20,21,22). The Bertz CT molecular complexity index is 813. The lowest BCUT2D eigenvalue weighted by molar-refractivity contribution is 0.589. The topological polar surface area (TPSA) is 66.0 Å². The Kier molecular flexibility index (Phi) is 3.73. The number of hydrogen-bond acceptors (Lipinski definition) is 6. The molecular weight excluding hydrogens is 288 g/mol. The number of nitrogens with one attached hydrogen (secondary N) is 2. The Morgan fingerprint density at radius 2 is 1.87 bits per heavy atom. The molecule has 0 aromatic carbocycles. The zero-order valence-corrected chi connectivity index (χ0v) is 12.7. The van der Waals surface area contributed by atoms with Crippen LogP contribution in [0.5, 0.6) is 0 Å². The highest BCUT2D eigenvalue weighted by atomic mass is 15.2. The zero-order chi connectivity index (χ0) is 15.5. The van der Waals surface area contributed by atoms with Gasteiger partial charge in [0.1, 0.15) is 11.6 Å². The molecular formula is C17H18N6. The van der Waals surface area contributed by atoms with Gasteiger partial charge in [0.2, 0.25) is 0 Å². The van der Waals surface area contributed by atoms with Gasteiger partial charge in [0.15, 0.2) is 5.65 Å². The van der Waals surface area contributed by atoms with Crippen LogP contribution < -0.4 is 15.5 Å². The second-order valence-corrected chi connectivity index (χ2v) is 5.51. The fraction of sp³-hybridized carbons (Fsp3) is 0.235. The Morgan fingerprint density at radius 1 is 0.957 bits per heavy atom. The first-order valence-corrected chi connectivity index (χ1v) is 7.79. The summed E-state index contributed by atoms with van der Waals surface area (Å²) in [5, 5.41) is 7.67. The Labute approximate surface area is 134 Å². The van der Waals surface area contributed by atoms with Gasteiger partial charge in [-0.25, -0.2) is 15.0 Å². The minimum absolute atomic E-state index is 0.732. The fourth-order valence-electron chi connectivity index (χ4n) is 2.76. The van der Waals surface area contributed by atoms with Gasteiger partial charge in [0.05, 0.1) is 0 Å². The highest BCUT2D eigenvalue weighted by molar-refractivity contribution is 5.77. The molecule has 3 aromatic rings. The third-order valence-corrected chi connectivity index (χ3v) is 3.95. The van der Waals surface area contributed by atoms with Crippen LogP contribution in [0.15, 0.2) is 48.8 Å². The molecule has 0 amide bonds. The molecule has 6 heteroatoms. The predicted molar refractivity (Wildman–Crippen MR) is 92.1 cm³/mol. The summed E-state index contributed by atoms with van der Waals surface area (Å²) in [5.74, 6) is 1.55. The van der Waals surface area contributed by atoms with E-state index in [4.69, 9.17) is 0 Å². The second-order valence-electron chi connectivity index (χ2n) is 5.51. The Hall–Kier alpha value is -2.73. The summed E-state index contributed by atoms with van der Waals surface area (Å²) in [6.45, 7) is 4.06. The highest BCUT2D eigenvalue weighted by Gasteiger charge is 2.11. The van der Waals surface area contributed by atoms with Gasteiger partial charge in [-0.15, -0.1) is 0 Å². The molecule has 2 N–H and O–H groups in total. The number of piperazine rings is 1. The summed E-state index contributed by atoms with van der Waals surface area (Å²) >= 11 is 0. The van der Waals surface area contributed by atoms with Gasteiger partial charge in [0, 0.05) is 55.7 Å². The van der Waals surface area contributed by atoms with Crippen molar-refractivity contribution in [1.29, 1.82) is 0 Å². The van der Waals surface area contributed by atoms with E-state index in [1.807, 2.05) is 36.5 Å². The van der Waals surface area contributed by atoms with Gasteiger partial charge < -0.3 is 15.5 Å². The minimum Gasteiger partial charge on any atom is -0.369 e. The lowest BCUT2D eigenvalue weighted by atomic mass is 10.3. The number of pyridine rings is 3. The van der Waals surface area contributed by atoms with Crippen LogP contribution in [-0.2, 0) is 0 Å². The van der Waals surface area contributed by atoms with Crippen molar-refractivity contribution in [1.82, 2.24) is 20.3 Å². The molecule has 1 saturated heterocycles. The van der Waals surface area contributed by atoms with E-state index in [0.717, 1.165) is 48.8 Å². The van der Waals surface area contributed by atoms with Crippen molar-refractivity contribution < 1.29 is 0 Å². The van der Waals surface area contributed by atoms with Crippen LogP contribution in [0.1, 0.15) is 0 Å². The molecule has 0 bridgehead atoms. The van der Waals surface area contributed by atoms with Crippen molar-refractivity contribution in [3.63, 3.8) is 0 Å². The number of fused-ring (bicyclic) bond motifs is 1. The third-order valence-electron chi connectivity index (χ3n) is 3.95. The second kappa shape index (κ2) is 6.18. The van der Waals surface area contributed by atoms with Crippen LogP contribution in [0, 0.1) is 0 Å².